The molecule has 0 aliphatic carbocycles. The lowest BCUT2D eigenvalue weighted by Crippen LogP contribution is -2.34. The van der Waals surface area contributed by atoms with E-state index in [2.05, 4.69) is 24.4 Å². The van der Waals surface area contributed by atoms with Crippen LogP contribution in [0.2, 0.25) is 0 Å². The molecule has 4 heteroatoms. The summed E-state index contributed by atoms with van der Waals surface area (Å²) in [5, 5.41) is 3.33. The molecule has 1 aromatic rings. The van der Waals surface area contributed by atoms with Crippen molar-refractivity contribution in [3.8, 4) is 5.75 Å². The first-order chi connectivity index (χ1) is 9.11. The van der Waals surface area contributed by atoms with Crippen LogP contribution in [-0.2, 0) is 11.2 Å². The predicted octanol–water partition coefficient (Wildman–Crippen LogP) is 1.75. The molecule has 1 atom stereocenters. The Hall–Kier alpha value is -1.55. The molecular formula is C15H22N2O2. The molecule has 1 aliphatic rings. The van der Waals surface area contributed by atoms with Crippen molar-refractivity contribution < 1.29 is 9.53 Å². The molecule has 104 valence electrons. The Morgan fingerprint density at radius 1 is 1.47 bits per heavy atom. The van der Waals surface area contributed by atoms with Crippen LogP contribution in [0.25, 0.3) is 0 Å². The Bertz CT molecular complexity index is 457. The van der Waals surface area contributed by atoms with Gasteiger partial charge in [0.15, 0.2) is 0 Å². The van der Waals surface area contributed by atoms with Crippen molar-refractivity contribution in [2.45, 2.75) is 25.8 Å². The molecule has 0 fully saturated rings. The number of likely N-dealkylation sites (N-methyl/N-ethyl adjacent to an activating group) is 1. The number of amides is 1. The van der Waals surface area contributed by atoms with Crippen molar-refractivity contribution in [3.63, 3.8) is 0 Å². The van der Waals surface area contributed by atoms with E-state index in [9.17, 15) is 4.79 Å². The van der Waals surface area contributed by atoms with Gasteiger partial charge in [-0.2, -0.15) is 0 Å². The van der Waals surface area contributed by atoms with Crippen LogP contribution in [0.4, 0.5) is 0 Å². The number of carbonyl (C=O) groups is 1. The van der Waals surface area contributed by atoms with E-state index in [0.717, 1.165) is 25.2 Å². The van der Waals surface area contributed by atoms with E-state index in [-0.39, 0.29) is 11.9 Å². The molecule has 0 spiro atoms. The highest BCUT2D eigenvalue weighted by atomic mass is 16.5. The van der Waals surface area contributed by atoms with Gasteiger partial charge in [-0.1, -0.05) is 19.1 Å². The van der Waals surface area contributed by atoms with Gasteiger partial charge in [-0.15, -0.1) is 0 Å². The summed E-state index contributed by atoms with van der Waals surface area (Å²) < 4.78 is 5.52. The molecule has 0 saturated carbocycles. The molecule has 0 aromatic heterocycles. The number of nitrogens with one attached hydrogen (secondary N) is 1. The summed E-state index contributed by atoms with van der Waals surface area (Å²) in [7, 11) is 3.55. The Morgan fingerprint density at radius 3 is 2.95 bits per heavy atom. The van der Waals surface area contributed by atoms with Crippen LogP contribution >= 0.6 is 0 Å². The standard InChI is InChI=1S/C15H22N2O2/c1-4-13(16-10-15(18)17(2)3)11-5-6-14-12(9-11)7-8-19-14/h5-6,9,13,16H,4,7-8,10H2,1-3H3. The van der Waals surface area contributed by atoms with Gasteiger partial charge >= 0.3 is 0 Å². The van der Waals surface area contributed by atoms with Crippen molar-refractivity contribution in [1.29, 1.82) is 0 Å². The molecule has 1 unspecified atom stereocenters. The number of nitrogens with zero attached hydrogens (tertiary/aromatic N) is 1. The second kappa shape index (κ2) is 6.06. The van der Waals surface area contributed by atoms with Crippen molar-refractivity contribution in [3.05, 3.63) is 29.3 Å². The van der Waals surface area contributed by atoms with Gasteiger partial charge in [0.05, 0.1) is 13.2 Å². The zero-order valence-corrected chi connectivity index (χ0v) is 11.9. The molecule has 2 rings (SSSR count). The summed E-state index contributed by atoms with van der Waals surface area (Å²) >= 11 is 0. The van der Waals surface area contributed by atoms with E-state index < -0.39 is 0 Å². The normalized spacial score (nSPS) is 14.7. The Kier molecular flexibility index (Phi) is 4.43. The SMILES string of the molecule is CCC(NCC(=O)N(C)C)c1ccc2c(c1)CCO2. The summed E-state index contributed by atoms with van der Waals surface area (Å²) in [6.07, 6.45) is 1.94. The third-order valence-corrected chi connectivity index (χ3v) is 3.52. The molecule has 1 N–H and O–H groups in total. The highest BCUT2D eigenvalue weighted by Crippen LogP contribution is 2.28. The third kappa shape index (κ3) is 3.26. The lowest BCUT2D eigenvalue weighted by Gasteiger charge is -2.19. The maximum atomic E-state index is 11.6. The molecule has 1 heterocycles. The summed E-state index contributed by atoms with van der Waals surface area (Å²) in [5.41, 5.74) is 2.51. The average Bonchev–Trinajstić information content (AvgIpc) is 2.86. The largest absolute Gasteiger partial charge is 0.493 e. The predicted molar refractivity (Wildman–Crippen MR) is 75.4 cm³/mol. The Labute approximate surface area is 114 Å². The van der Waals surface area contributed by atoms with Crippen LogP contribution in [0, 0.1) is 0 Å². The first-order valence-corrected chi connectivity index (χ1v) is 6.81. The fourth-order valence-corrected chi connectivity index (χ4v) is 2.29. The molecule has 4 nitrogen and oxygen atoms in total. The number of hydrogen-bond donors (Lipinski definition) is 1. The lowest BCUT2D eigenvalue weighted by molar-refractivity contribution is -0.127. The van der Waals surface area contributed by atoms with Gasteiger partial charge in [-0.25, -0.2) is 0 Å². The topological polar surface area (TPSA) is 41.6 Å². The van der Waals surface area contributed by atoms with E-state index in [0.29, 0.717) is 6.54 Å². The first kappa shape index (κ1) is 13.9. The van der Waals surface area contributed by atoms with Gasteiger partial charge in [0.1, 0.15) is 5.75 Å². The number of benzene rings is 1. The van der Waals surface area contributed by atoms with Gasteiger partial charge in [-0.05, 0) is 23.6 Å². The zero-order chi connectivity index (χ0) is 13.8. The summed E-state index contributed by atoms with van der Waals surface area (Å²) in [6, 6.07) is 6.54. The molecule has 0 saturated heterocycles. The second-order valence-electron chi connectivity index (χ2n) is 5.10. The van der Waals surface area contributed by atoms with E-state index >= 15 is 0 Å². The Balaban J connectivity index is 2.03. The fourth-order valence-electron chi connectivity index (χ4n) is 2.29. The van der Waals surface area contributed by atoms with Crippen LogP contribution in [0.15, 0.2) is 18.2 Å². The van der Waals surface area contributed by atoms with Crippen molar-refractivity contribution in [1.82, 2.24) is 10.2 Å². The monoisotopic (exact) mass is 262 g/mol. The molecule has 1 amide bonds. The van der Waals surface area contributed by atoms with E-state index in [1.165, 1.54) is 11.1 Å². The summed E-state index contributed by atoms with van der Waals surface area (Å²) in [6.45, 7) is 3.28. The number of hydrogen-bond acceptors (Lipinski definition) is 3. The fraction of sp³-hybridized carbons (Fsp3) is 0.533. The molecule has 19 heavy (non-hydrogen) atoms. The number of fused-ring (bicyclic) bond motifs is 1. The van der Waals surface area contributed by atoms with Crippen LogP contribution in [-0.4, -0.2) is 38.1 Å². The summed E-state index contributed by atoms with van der Waals surface area (Å²) in [4.78, 5) is 13.2. The molecule has 1 aromatic carbocycles. The number of rotatable bonds is 5. The molecule has 1 aliphatic heterocycles. The smallest absolute Gasteiger partial charge is 0.236 e. The molecular weight excluding hydrogens is 240 g/mol. The van der Waals surface area contributed by atoms with Crippen LogP contribution < -0.4 is 10.1 Å². The van der Waals surface area contributed by atoms with Gasteiger partial charge < -0.3 is 15.0 Å². The maximum absolute atomic E-state index is 11.6. The first-order valence-electron chi connectivity index (χ1n) is 6.81. The van der Waals surface area contributed by atoms with E-state index in [4.69, 9.17) is 4.74 Å². The molecule has 0 bridgehead atoms. The van der Waals surface area contributed by atoms with Gasteiger partial charge in [0.2, 0.25) is 5.91 Å². The third-order valence-electron chi connectivity index (χ3n) is 3.52. The van der Waals surface area contributed by atoms with Crippen LogP contribution in [0.5, 0.6) is 5.75 Å². The highest BCUT2D eigenvalue weighted by molar-refractivity contribution is 5.77. The molecule has 0 radical (unpaired) electrons. The van der Waals surface area contributed by atoms with Gasteiger partial charge in [-0.3, -0.25) is 4.79 Å². The van der Waals surface area contributed by atoms with Crippen LogP contribution in [0.3, 0.4) is 0 Å². The minimum absolute atomic E-state index is 0.0999. The maximum Gasteiger partial charge on any atom is 0.236 e. The van der Waals surface area contributed by atoms with Gasteiger partial charge in [0, 0.05) is 26.6 Å². The van der Waals surface area contributed by atoms with Crippen molar-refractivity contribution >= 4 is 5.91 Å². The minimum atomic E-state index is 0.0999. The van der Waals surface area contributed by atoms with Crippen LogP contribution in [0.1, 0.15) is 30.5 Å². The highest BCUT2D eigenvalue weighted by Gasteiger charge is 2.16. The Morgan fingerprint density at radius 2 is 2.26 bits per heavy atom. The minimum Gasteiger partial charge on any atom is -0.493 e. The zero-order valence-electron chi connectivity index (χ0n) is 11.9. The van der Waals surface area contributed by atoms with Crippen molar-refractivity contribution in [2.24, 2.45) is 0 Å². The summed E-state index contributed by atoms with van der Waals surface area (Å²) in [5.74, 6) is 1.10. The van der Waals surface area contributed by atoms with E-state index in [1.807, 2.05) is 6.07 Å². The lowest BCUT2D eigenvalue weighted by atomic mass is 10.0. The van der Waals surface area contributed by atoms with Gasteiger partial charge in [0.25, 0.3) is 0 Å². The number of ether oxygens (including phenoxy) is 1. The average molecular weight is 262 g/mol. The quantitative estimate of drug-likeness (QED) is 0.879. The van der Waals surface area contributed by atoms with Crippen molar-refractivity contribution in [2.75, 3.05) is 27.2 Å². The van der Waals surface area contributed by atoms with E-state index in [1.54, 1.807) is 19.0 Å². The number of carbonyl (C=O) groups excluding carboxylic acids is 1. The second-order valence-corrected chi connectivity index (χ2v) is 5.10.